The minimum atomic E-state index is -2.38. The summed E-state index contributed by atoms with van der Waals surface area (Å²) < 4.78 is 0. The Morgan fingerprint density at radius 1 is 1.06 bits per heavy atom. The van der Waals surface area contributed by atoms with Crippen molar-refractivity contribution >= 4 is 11.9 Å². The van der Waals surface area contributed by atoms with Crippen LogP contribution in [0.3, 0.4) is 0 Å². The molecule has 0 bridgehead atoms. The summed E-state index contributed by atoms with van der Waals surface area (Å²) in [6.07, 6.45) is -1.82. The lowest BCUT2D eigenvalue weighted by Gasteiger charge is -2.13. The average Bonchev–Trinajstić information content (AvgIpc) is 2.73. The van der Waals surface area contributed by atoms with Crippen LogP contribution in [0.1, 0.15) is 12.8 Å². The summed E-state index contributed by atoms with van der Waals surface area (Å²) in [6.45, 7) is 2.75. The van der Waals surface area contributed by atoms with Crippen LogP contribution in [0.2, 0.25) is 0 Å². The van der Waals surface area contributed by atoms with E-state index < -0.39 is 24.1 Å². The number of carboxylic acids is 2. The smallest absolute Gasteiger partial charge is 0.335 e. The van der Waals surface area contributed by atoms with Crippen molar-refractivity contribution in [1.82, 2.24) is 0 Å². The van der Waals surface area contributed by atoms with Gasteiger partial charge in [-0.1, -0.05) is 0 Å². The summed E-state index contributed by atoms with van der Waals surface area (Å²) in [5, 5.41) is 36.5. The van der Waals surface area contributed by atoms with Crippen LogP contribution in [0.4, 0.5) is 0 Å². The number of hydrogen-bond acceptors (Lipinski definition) is 5. The molecule has 9 N–H and O–H groups in total. The molecular weight excluding hydrogens is 238 g/mol. The van der Waals surface area contributed by atoms with Crippen LogP contribution in [0.5, 0.6) is 0 Å². The Kier molecular flexibility index (Phi) is 13.9. The molecule has 0 amide bonds. The molecule has 0 aromatic heterocycles. The van der Waals surface area contributed by atoms with E-state index in [1.165, 1.54) is 25.9 Å². The van der Waals surface area contributed by atoms with Gasteiger partial charge in [0.1, 0.15) is 6.10 Å². The molecule has 0 aromatic carbocycles. The van der Waals surface area contributed by atoms with Gasteiger partial charge in [-0.05, 0) is 0 Å². The molecule has 17 heavy (non-hydrogen) atoms. The molecule has 1 fully saturated rings. The van der Waals surface area contributed by atoms with Crippen LogP contribution in [-0.4, -0.2) is 63.5 Å². The van der Waals surface area contributed by atoms with Crippen molar-refractivity contribution in [2.24, 2.45) is 0 Å². The average molecular weight is 257 g/mol. The van der Waals surface area contributed by atoms with Gasteiger partial charge in [-0.15, -0.1) is 0 Å². The standard InChI is InChI=1S/C4H9N.C4H6O6.2H2O/c1-2-4-5-3-1;5-1(3(7)8)2(6)4(9)10;;/h5H,1-4H2;1-2,5-6H,(H,7,8)(H,9,10);2*1H2/t;1-,2-;;/m.0../s1. The van der Waals surface area contributed by atoms with Crippen molar-refractivity contribution in [2.45, 2.75) is 25.0 Å². The van der Waals surface area contributed by atoms with E-state index in [9.17, 15) is 14.7 Å². The van der Waals surface area contributed by atoms with E-state index >= 15 is 0 Å². The Hall–Kier alpha value is -1.26. The lowest BCUT2D eigenvalue weighted by atomic mass is 10.2. The van der Waals surface area contributed by atoms with Gasteiger partial charge in [0.25, 0.3) is 0 Å². The molecule has 1 aliphatic rings. The van der Waals surface area contributed by atoms with Gasteiger partial charge < -0.3 is 41.5 Å². The number of carbonyl (C=O) groups is 2. The number of hydrogen-bond donors (Lipinski definition) is 4. The van der Waals surface area contributed by atoms with Crippen LogP contribution >= 0.6 is 0 Å². The summed E-state index contributed by atoms with van der Waals surface area (Å²) in [5.41, 5.74) is 0. The fourth-order valence-electron chi connectivity index (χ4n) is 0.986. The first-order valence-electron chi connectivity index (χ1n) is 4.58. The predicted molar refractivity (Wildman–Crippen MR) is 52.8 cm³/mol. The number of rotatable bonds is 3. The third-order valence-corrected chi connectivity index (χ3v) is 1.86. The molecule has 2 atom stereocenters. The van der Waals surface area contributed by atoms with Crippen LogP contribution in [0, 0.1) is 0 Å². The molecule has 9 nitrogen and oxygen atoms in total. The van der Waals surface area contributed by atoms with Crippen LogP contribution in [0.15, 0.2) is 0 Å². The molecule has 104 valence electrons. The van der Waals surface area contributed by atoms with Gasteiger partial charge in [-0.2, -0.15) is 0 Å². The first-order chi connectivity index (χ1) is 6.96. The molecule has 1 rings (SSSR count). The third kappa shape index (κ3) is 9.66. The monoisotopic (exact) mass is 257 g/mol. The quantitative estimate of drug-likeness (QED) is 0.388. The van der Waals surface area contributed by atoms with Gasteiger partial charge in [-0.25, -0.2) is 4.79 Å². The largest absolute Gasteiger partial charge is 0.547 e. The van der Waals surface area contributed by atoms with Crippen LogP contribution < -0.4 is 10.4 Å². The Balaban J connectivity index is -0.000000238. The van der Waals surface area contributed by atoms with E-state index in [2.05, 4.69) is 5.32 Å². The van der Waals surface area contributed by atoms with Crippen molar-refractivity contribution in [3.8, 4) is 0 Å². The molecule has 0 spiro atoms. The maximum Gasteiger partial charge on any atom is 0.335 e. The fourth-order valence-corrected chi connectivity index (χ4v) is 0.986. The van der Waals surface area contributed by atoms with E-state index in [-0.39, 0.29) is 11.0 Å². The van der Waals surface area contributed by atoms with Crippen LogP contribution in [-0.2, 0) is 9.59 Å². The lowest BCUT2D eigenvalue weighted by molar-refractivity contribution is -0.635. The second-order valence-corrected chi connectivity index (χ2v) is 3.12. The molecule has 1 aliphatic heterocycles. The first kappa shape index (κ1) is 21.1. The lowest BCUT2D eigenvalue weighted by Crippen LogP contribution is -2.80. The fraction of sp³-hybridized carbons (Fsp3) is 0.750. The molecule has 0 saturated carbocycles. The van der Waals surface area contributed by atoms with E-state index in [0.717, 1.165) is 0 Å². The molecular formula is C8H19NO8. The maximum atomic E-state index is 9.74. The Morgan fingerprint density at radius 3 is 1.59 bits per heavy atom. The molecule has 0 aromatic rings. The maximum absolute atomic E-state index is 9.74. The second-order valence-electron chi connectivity index (χ2n) is 3.12. The summed E-state index contributed by atoms with van der Waals surface area (Å²) in [6, 6.07) is 0. The van der Waals surface area contributed by atoms with E-state index in [1.54, 1.807) is 0 Å². The zero-order valence-electron chi connectivity index (χ0n) is 9.13. The minimum absolute atomic E-state index is 0. The van der Waals surface area contributed by atoms with Gasteiger partial charge >= 0.3 is 5.97 Å². The summed E-state index contributed by atoms with van der Waals surface area (Å²) >= 11 is 0. The zero-order valence-corrected chi connectivity index (χ0v) is 9.13. The van der Waals surface area contributed by atoms with Gasteiger partial charge in [-0.3, -0.25) is 0 Å². The first-order valence-corrected chi connectivity index (χ1v) is 4.58. The Labute approximate surface area is 97.3 Å². The van der Waals surface area contributed by atoms with Crippen molar-refractivity contribution in [2.75, 3.05) is 13.1 Å². The normalized spacial score (nSPS) is 16.4. The number of aliphatic hydroxyl groups is 2. The number of nitrogens with two attached hydrogens (primary N) is 1. The van der Waals surface area contributed by atoms with E-state index in [4.69, 9.17) is 15.3 Å². The van der Waals surface area contributed by atoms with Crippen LogP contribution in [0.25, 0.3) is 0 Å². The number of quaternary nitrogens is 1. The van der Waals surface area contributed by atoms with Gasteiger partial charge in [0.15, 0.2) is 6.10 Å². The summed E-state index contributed by atoms with van der Waals surface area (Å²) in [4.78, 5) is 19.4. The number of carbonyl (C=O) groups excluding carboxylic acids is 1. The zero-order chi connectivity index (χ0) is 11.8. The van der Waals surface area contributed by atoms with E-state index in [0.29, 0.717) is 0 Å². The minimum Gasteiger partial charge on any atom is -0.547 e. The van der Waals surface area contributed by atoms with Crippen molar-refractivity contribution in [1.29, 1.82) is 0 Å². The highest BCUT2D eigenvalue weighted by molar-refractivity contribution is 5.81. The van der Waals surface area contributed by atoms with Crippen molar-refractivity contribution < 1.29 is 46.3 Å². The SMILES string of the molecule is C1CC[NH2+]C1.O.O.O=C([O-])[C@@H](O)[C@H](O)C(=O)O. The predicted octanol–water partition coefficient (Wildman–Crippen LogP) is -5.76. The summed E-state index contributed by atoms with van der Waals surface area (Å²) in [5.74, 6) is -3.83. The number of carboxylic acid groups (broad SMARTS) is 2. The van der Waals surface area contributed by atoms with E-state index in [1.807, 2.05) is 0 Å². The van der Waals surface area contributed by atoms with Gasteiger partial charge in [0, 0.05) is 12.8 Å². The van der Waals surface area contributed by atoms with Gasteiger partial charge in [0.05, 0.1) is 19.1 Å². The molecule has 9 heteroatoms. The highest BCUT2D eigenvalue weighted by Crippen LogP contribution is 1.90. The van der Waals surface area contributed by atoms with Crippen molar-refractivity contribution in [3.05, 3.63) is 0 Å². The third-order valence-electron chi connectivity index (χ3n) is 1.86. The highest BCUT2D eigenvalue weighted by Gasteiger charge is 2.23. The molecule has 0 unspecified atom stereocenters. The second kappa shape index (κ2) is 11.2. The Bertz CT molecular complexity index is 192. The van der Waals surface area contributed by atoms with Crippen molar-refractivity contribution in [3.63, 3.8) is 0 Å². The number of aliphatic carboxylic acids is 2. The summed E-state index contributed by atoms with van der Waals surface area (Å²) in [7, 11) is 0. The molecule has 1 saturated heterocycles. The topological polar surface area (TPSA) is 197 Å². The molecule has 0 aliphatic carbocycles. The number of aliphatic hydroxyl groups excluding tert-OH is 2. The Morgan fingerprint density at radius 2 is 1.47 bits per heavy atom. The molecule has 1 heterocycles. The highest BCUT2D eigenvalue weighted by atomic mass is 16.4. The van der Waals surface area contributed by atoms with Gasteiger partial charge in [0.2, 0.25) is 0 Å². The molecule has 0 radical (unpaired) electrons.